The molecule has 2 heterocycles. The predicted octanol–water partition coefficient (Wildman–Crippen LogP) is 3.27. The molecule has 1 N–H and O–H groups in total. The molecule has 1 saturated heterocycles. The summed E-state index contributed by atoms with van der Waals surface area (Å²) < 4.78 is 1.81. The van der Waals surface area contributed by atoms with Gasteiger partial charge >= 0.3 is 0 Å². The summed E-state index contributed by atoms with van der Waals surface area (Å²) in [5.74, 6) is -0.0995. The second-order valence-electron chi connectivity index (χ2n) is 7.67. The van der Waals surface area contributed by atoms with Crippen molar-refractivity contribution in [3.8, 4) is 0 Å². The highest BCUT2D eigenvalue weighted by molar-refractivity contribution is 6.30. The third kappa shape index (κ3) is 4.68. The van der Waals surface area contributed by atoms with Crippen LogP contribution < -0.4 is 5.32 Å². The minimum Gasteiger partial charge on any atom is -0.348 e. The second kappa shape index (κ2) is 8.40. The Morgan fingerprint density at radius 1 is 1.15 bits per heavy atom. The van der Waals surface area contributed by atoms with Crippen molar-refractivity contribution in [3.63, 3.8) is 0 Å². The lowest BCUT2D eigenvalue weighted by atomic mass is 10.2. The number of nitrogens with zero attached hydrogens (tertiary/aromatic N) is 4. The highest BCUT2D eigenvalue weighted by atomic mass is 35.5. The van der Waals surface area contributed by atoms with Crippen molar-refractivity contribution in [2.45, 2.75) is 63.7 Å². The molecule has 1 amide bonds. The first kappa shape index (κ1) is 18.4. The van der Waals surface area contributed by atoms with E-state index < -0.39 is 0 Å². The van der Waals surface area contributed by atoms with Gasteiger partial charge in [-0.25, -0.2) is 0 Å². The molecule has 0 bridgehead atoms. The van der Waals surface area contributed by atoms with Crippen LogP contribution in [0.4, 0.5) is 0 Å². The minimum atomic E-state index is -0.0995. The van der Waals surface area contributed by atoms with E-state index in [0.29, 0.717) is 17.8 Å². The first-order valence-corrected chi connectivity index (χ1v) is 10.2. The van der Waals surface area contributed by atoms with Gasteiger partial charge in [0.05, 0.1) is 12.7 Å². The number of nitrogens with one attached hydrogen (secondary N) is 1. The number of hydrogen-bond acceptors (Lipinski definition) is 4. The monoisotopic (exact) mass is 387 g/mol. The maximum absolute atomic E-state index is 12.3. The van der Waals surface area contributed by atoms with Crippen molar-refractivity contribution in [3.05, 3.63) is 46.7 Å². The van der Waals surface area contributed by atoms with Crippen LogP contribution in [0.3, 0.4) is 0 Å². The van der Waals surface area contributed by atoms with E-state index in [1.165, 1.54) is 24.8 Å². The van der Waals surface area contributed by atoms with Crippen molar-refractivity contribution in [1.29, 1.82) is 0 Å². The summed E-state index contributed by atoms with van der Waals surface area (Å²) in [5.41, 5.74) is 1.69. The van der Waals surface area contributed by atoms with E-state index in [9.17, 15) is 4.79 Å². The van der Waals surface area contributed by atoms with Gasteiger partial charge in [0, 0.05) is 23.7 Å². The van der Waals surface area contributed by atoms with Gasteiger partial charge in [-0.3, -0.25) is 14.4 Å². The molecule has 27 heavy (non-hydrogen) atoms. The van der Waals surface area contributed by atoms with Crippen LogP contribution in [0.2, 0.25) is 5.02 Å². The van der Waals surface area contributed by atoms with E-state index in [1.54, 1.807) is 6.20 Å². The molecule has 6 nitrogen and oxygen atoms in total. The number of rotatable bonds is 6. The van der Waals surface area contributed by atoms with Crippen LogP contribution >= 0.6 is 11.6 Å². The van der Waals surface area contributed by atoms with Crippen molar-refractivity contribution < 1.29 is 4.79 Å². The van der Waals surface area contributed by atoms with Crippen LogP contribution in [0, 0.1) is 0 Å². The highest BCUT2D eigenvalue weighted by Crippen LogP contribution is 2.22. The van der Waals surface area contributed by atoms with Crippen LogP contribution in [0.25, 0.3) is 0 Å². The first-order chi connectivity index (χ1) is 13.2. The molecule has 2 aliphatic rings. The normalized spacial score (nSPS) is 21.0. The quantitative estimate of drug-likeness (QED) is 0.826. The van der Waals surface area contributed by atoms with E-state index in [0.717, 1.165) is 43.9 Å². The fourth-order valence-corrected chi connectivity index (χ4v) is 4.30. The Balaban J connectivity index is 1.34. The van der Waals surface area contributed by atoms with Gasteiger partial charge in [0.25, 0.3) is 5.91 Å². The fraction of sp³-hybridized carbons (Fsp3) is 0.550. The molecular weight excluding hydrogens is 362 g/mol. The van der Waals surface area contributed by atoms with Gasteiger partial charge in [0.1, 0.15) is 0 Å². The highest BCUT2D eigenvalue weighted by Gasteiger charge is 2.26. The Labute approximate surface area is 164 Å². The predicted molar refractivity (Wildman–Crippen MR) is 105 cm³/mol. The lowest BCUT2D eigenvalue weighted by Crippen LogP contribution is -2.33. The molecule has 0 spiro atoms. The zero-order chi connectivity index (χ0) is 18.6. The Morgan fingerprint density at radius 3 is 2.70 bits per heavy atom. The van der Waals surface area contributed by atoms with E-state index in [4.69, 9.17) is 11.6 Å². The lowest BCUT2D eigenvalue weighted by Gasteiger charge is -2.24. The van der Waals surface area contributed by atoms with Crippen LogP contribution in [-0.4, -0.2) is 44.4 Å². The molecule has 2 fully saturated rings. The molecule has 2 aromatic rings. The van der Waals surface area contributed by atoms with Gasteiger partial charge in [0.15, 0.2) is 5.69 Å². The average Bonchev–Trinajstić information content (AvgIpc) is 3.40. The number of likely N-dealkylation sites (tertiary alicyclic amines) is 1. The van der Waals surface area contributed by atoms with Crippen molar-refractivity contribution >= 4 is 17.5 Å². The summed E-state index contributed by atoms with van der Waals surface area (Å²) in [7, 11) is 0. The SMILES string of the molecule is O=C(NC1CCCC1)c1cn(CC2CCCN2Cc2ccc(Cl)cc2)nn1. The topological polar surface area (TPSA) is 63.1 Å². The van der Waals surface area contributed by atoms with Gasteiger partial charge in [-0.1, -0.05) is 41.8 Å². The molecule has 1 aliphatic carbocycles. The fourth-order valence-electron chi connectivity index (χ4n) is 4.17. The lowest BCUT2D eigenvalue weighted by molar-refractivity contribution is 0.0932. The van der Waals surface area contributed by atoms with E-state index in [2.05, 4.69) is 32.7 Å². The van der Waals surface area contributed by atoms with Crippen LogP contribution in [0.5, 0.6) is 0 Å². The molecule has 1 aliphatic heterocycles. The van der Waals surface area contributed by atoms with Gasteiger partial charge < -0.3 is 5.32 Å². The van der Waals surface area contributed by atoms with Gasteiger partial charge in [-0.2, -0.15) is 0 Å². The average molecular weight is 388 g/mol. The van der Waals surface area contributed by atoms with Crippen LogP contribution in [0.15, 0.2) is 30.5 Å². The number of benzene rings is 1. The molecular formula is C20H26ClN5O. The van der Waals surface area contributed by atoms with Crippen LogP contribution in [-0.2, 0) is 13.1 Å². The molecule has 7 heteroatoms. The van der Waals surface area contributed by atoms with Crippen molar-refractivity contribution in [2.24, 2.45) is 0 Å². The zero-order valence-corrected chi connectivity index (χ0v) is 16.2. The molecule has 1 aromatic heterocycles. The second-order valence-corrected chi connectivity index (χ2v) is 8.11. The number of halogens is 1. The number of carbonyl (C=O) groups excluding carboxylic acids is 1. The van der Waals surface area contributed by atoms with Crippen LogP contribution in [0.1, 0.15) is 54.6 Å². The smallest absolute Gasteiger partial charge is 0.273 e. The largest absolute Gasteiger partial charge is 0.348 e. The summed E-state index contributed by atoms with van der Waals surface area (Å²) in [4.78, 5) is 14.8. The number of amides is 1. The maximum atomic E-state index is 12.3. The minimum absolute atomic E-state index is 0.0995. The summed E-state index contributed by atoms with van der Waals surface area (Å²) in [5, 5.41) is 12.1. The van der Waals surface area contributed by atoms with Gasteiger partial charge in [-0.05, 0) is 49.9 Å². The molecule has 1 atom stereocenters. The molecule has 1 aromatic carbocycles. The Hall–Kier alpha value is -1.92. The van der Waals surface area contributed by atoms with E-state index >= 15 is 0 Å². The number of carbonyl (C=O) groups is 1. The molecule has 4 rings (SSSR count). The Bertz CT molecular complexity index is 769. The number of hydrogen-bond donors (Lipinski definition) is 1. The molecule has 144 valence electrons. The van der Waals surface area contributed by atoms with Gasteiger partial charge in [-0.15, -0.1) is 5.10 Å². The summed E-state index contributed by atoms with van der Waals surface area (Å²) in [6.07, 6.45) is 8.64. The standard InChI is InChI=1S/C20H26ClN5O/c21-16-9-7-15(8-10-16)12-25-11-3-6-18(25)13-26-14-19(23-24-26)20(27)22-17-4-1-2-5-17/h7-10,14,17-18H,1-6,11-13H2,(H,22,27). The summed E-state index contributed by atoms with van der Waals surface area (Å²) in [6, 6.07) is 8.75. The molecule has 1 saturated carbocycles. The Kier molecular flexibility index (Phi) is 5.74. The molecule has 1 unspecified atom stereocenters. The van der Waals surface area contributed by atoms with E-state index in [1.807, 2.05) is 16.8 Å². The molecule has 0 radical (unpaired) electrons. The summed E-state index contributed by atoms with van der Waals surface area (Å²) in [6.45, 7) is 2.75. The first-order valence-electron chi connectivity index (χ1n) is 9.87. The van der Waals surface area contributed by atoms with Gasteiger partial charge in [0.2, 0.25) is 0 Å². The summed E-state index contributed by atoms with van der Waals surface area (Å²) >= 11 is 5.98. The van der Waals surface area contributed by atoms with Crippen molar-refractivity contribution in [1.82, 2.24) is 25.2 Å². The zero-order valence-electron chi connectivity index (χ0n) is 15.5. The third-order valence-corrected chi connectivity index (χ3v) is 5.91. The van der Waals surface area contributed by atoms with Crippen molar-refractivity contribution in [2.75, 3.05) is 6.54 Å². The maximum Gasteiger partial charge on any atom is 0.273 e. The number of aromatic nitrogens is 3. The Morgan fingerprint density at radius 2 is 1.93 bits per heavy atom. The third-order valence-electron chi connectivity index (χ3n) is 5.66. The van der Waals surface area contributed by atoms with E-state index in [-0.39, 0.29) is 5.91 Å².